The zero-order valence-corrected chi connectivity index (χ0v) is 14.7. The molecule has 2 aliphatic carbocycles. The molecule has 2 bridgehead atoms. The molecule has 0 aromatic rings. The van der Waals surface area contributed by atoms with E-state index in [1.165, 1.54) is 11.6 Å². The average Bonchev–Trinajstić information content (AvgIpc) is 3.30. The number of carbonyl (C=O) groups is 1. The van der Waals surface area contributed by atoms with E-state index in [1.807, 2.05) is 0 Å². The highest BCUT2D eigenvalue weighted by molar-refractivity contribution is 5.82. The summed E-state index contributed by atoms with van der Waals surface area (Å²) in [4.78, 5) is 12.1. The van der Waals surface area contributed by atoms with Crippen molar-refractivity contribution in [3.05, 3.63) is 23.8 Å². The monoisotopic (exact) mass is 334 g/mol. The van der Waals surface area contributed by atoms with Gasteiger partial charge in [-0.25, -0.2) is 4.79 Å². The summed E-state index contributed by atoms with van der Waals surface area (Å²) in [6.45, 7) is 8.74. The van der Waals surface area contributed by atoms with E-state index < -0.39 is 35.3 Å². The Bertz CT molecular complexity index is 634. The molecule has 5 nitrogen and oxygen atoms in total. The molecule has 0 radical (unpaired) electrons. The summed E-state index contributed by atoms with van der Waals surface area (Å²) in [5, 5.41) is 10.9. The fraction of sp³-hybridized carbons (Fsp3) is 0.737. The Morgan fingerprint density at radius 1 is 1.46 bits per heavy atom. The lowest BCUT2D eigenvalue weighted by molar-refractivity contribution is -0.210. The summed E-state index contributed by atoms with van der Waals surface area (Å²) in [7, 11) is 0. The van der Waals surface area contributed by atoms with Gasteiger partial charge >= 0.3 is 5.97 Å². The van der Waals surface area contributed by atoms with Gasteiger partial charge in [-0.2, -0.15) is 0 Å². The van der Waals surface area contributed by atoms with Crippen LogP contribution in [0.3, 0.4) is 0 Å². The Morgan fingerprint density at radius 3 is 2.79 bits per heavy atom. The van der Waals surface area contributed by atoms with E-state index in [1.54, 1.807) is 13.0 Å². The lowest BCUT2D eigenvalue weighted by Crippen LogP contribution is -2.63. The minimum Gasteiger partial charge on any atom is -0.456 e. The third-order valence-corrected chi connectivity index (χ3v) is 7.11. The van der Waals surface area contributed by atoms with Crippen LogP contribution in [0.4, 0.5) is 0 Å². The van der Waals surface area contributed by atoms with E-state index in [0.717, 1.165) is 12.8 Å². The van der Waals surface area contributed by atoms with Gasteiger partial charge in [-0.15, -0.1) is 0 Å². The maximum Gasteiger partial charge on any atom is 0.330 e. The van der Waals surface area contributed by atoms with Crippen LogP contribution in [0.15, 0.2) is 23.8 Å². The third kappa shape index (κ3) is 1.73. The number of allylic oxidation sites excluding steroid dienone is 2. The number of aliphatic hydroxyl groups excluding tert-OH is 1. The molecule has 0 amide bonds. The molecule has 2 saturated heterocycles. The van der Waals surface area contributed by atoms with Crippen LogP contribution in [0.25, 0.3) is 0 Å². The van der Waals surface area contributed by atoms with Gasteiger partial charge in [0, 0.05) is 16.9 Å². The van der Waals surface area contributed by atoms with Crippen molar-refractivity contribution in [2.45, 2.75) is 70.6 Å². The fourth-order valence-electron chi connectivity index (χ4n) is 5.37. The van der Waals surface area contributed by atoms with Gasteiger partial charge in [0.2, 0.25) is 0 Å². The fourth-order valence-corrected chi connectivity index (χ4v) is 5.37. The van der Waals surface area contributed by atoms with E-state index in [0.29, 0.717) is 6.61 Å². The number of epoxide rings is 1. The van der Waals surface area contributed by atoms with Gasteiger partial charge in [0.05, 0.1) is 12.7 Å². The van der Waals surface area contributed by atoms with Gasteiger partial charge in [-0.1, -0.05) is 31.6 Å². The molecule has 132 valence electrons. The summed E-state index contributed by atoms with van der Waals surface area (Å²) in [6.07, 6.45) is 5.09. The van der Waals surface area contributed by atoms with Crippen LogP contribution in [0.1, 0.15) is 40.5 Å². The smallest absolute Gasteiger partial charge is 0.330 e. The van der Waals surface area contributed by atoms with Gasteiger partial charge in [0.25, 0.3) is 0 Å². The van der Waals surface area contributed by atoms with Crippen LogP contribution in [0.2, 0.25) is 0 Å². The normalized spacial score (nSPS) is 52.3. The highest BCUT2D eigenvalue weighted by atomic mass is 16.6. The molecule has 5 heteroatoms. The molecule has 7 atom stereocenters. The topological polar surface area (TPSA) is 68.3 Å². The minimum absolute atomic E-state index is 0.0869. The average molecular weight is 334 g/mol. The molecular formula is C19H26O5. The second-order valence-electron chi connectivity index (χ2n) is 8.14. The Morgan fingerprint density at radius 2 is 2.17 bits per heavy atom. The number of ether oxygens (including phenoxy) is 3. The Balaban J connectivity index is 1.80. The Hall–Kier alpha value is -1.17. The SMILES string of the molecule is C/C=C/C(=O)O[C@@H]1[C@@H](O)[C@H]2O[C@@H]3C=C(C)CC[C@]3(C)[C@]1(C)[C@]21CO1. The number of hydrogen-bond acceptors (Lipinski definition) is 5. The van der Waals surface area contributed by atoms with Gasteiger partial charge < -0.3 is 19.3 Å². The molecule has 1 spiro atoms. The van der Waals surface area contributed by atoms with Crippen molar-refractivity contribution in [3.8, 4) is 0 Å². The van der Waals surface area contributed by atoms with E-state index in [-0.39, 0.29) is 11.5 Å². The zero-order chi connectivity index (χ0) is 17.3. The van der Waals surface area contributed by atoms with E-state index in [2.05, 4.69) is 26.8 Å². The van der Waals surface area contributed by atoms with Crippen LogP contribution in [-0.2, 0) is 19.0 Å². The quantitative estimate of drug-likeness (QED) is 0.363. The molecule has 0 unspecified atom stereocenters. The predicted octanol–water partition coefficient (Wildman–Crippen LogP) is 2.14. The first-order valence-electron chi connectivity index (χ1n) is 8.78. The summed E-state index contributed by atoms with van der Waals surface area (Å²) in [6, 6.07) is 0. The molecule has 24 heavy (non-hydrogen) atoms. The van der Waals surface area contributed by atoms with Crippen LogP contribution < -0.4 is 0 Å². The first-order chi connectivity index (χ1) is 11.3. The van der Waals surface area contributed by atoms with Crippen molar-refractivity contribution >= 4 is 5.97 Å². The van der Waals surface area contributed by atoms with Gasteiger partial charge in [-0.3, -0.25) is 0 Å². The van der Waals surface area contributed by atoms with E-state index in [4.69, 9.17) is 14.2 Å². The lowest BCUT2D eigenvalue weighted by atomic mass is 9.52. The van der Waals surface area contributed by atoms with Gasteiger partial charge in [0.15, 0.2) is 0 Å². The second kappa shape index (κ2) is 4.93. The molecule has 4 aliphatic rings. The zero-order valence-electron chi connectivity index (χ0n) is 14.7. The van der Waals surface area contributed by atoms with Crippen LogP contribution in [0.5, 0.6) is 0 Å². The first-order valence-corrected chi connectivity index (χ1v) is 8.78. The molecule has 4 rings (SSSR count). The van der Waals surface area contributed by atoms with Crippen molar-refractivity contribution in [1.82, 2.24) is 0 Å². The lowest BCUT2D eigenvalue weighted by Gasteiger charge is -2.57. The maximum absolute atomic E-state index is 12.1. The minimum atomic E-state index is -0.872. The summed E-state index contributed by atoms with van der Waals surface area (Å²) in [5.41, 5.74) is 0.0295. The van der Waals surface area contributed by atoms with Gasteiger partial charge in [-0.05, 0) is 26.7 Å². The first kappa shape index (κ1) is 16.3. The van der Waals surface area contributed by atoms with Crippen molar-refractivity contribution in [2.75, 3.05) is 6.61 Å². The number of esters is 1. The Labute approximate surface area is 142 Å². The van der Waals surface area contributed by atoms with Crippen LogP contribution in [-0.4, -0.2) is 47.7 Å². The van der Waals surface area contributed by atoms with Crippen molar-refractivity contribution in [1.29, 1.82) is 0 Å². The number of carbonyl (C=O) groups excluding carboxylic acids is 1. The van der Waals surface area contributed by atoms with Gasteiger partial charge in [0.1, 0.15) is 23.9 Å². The molecule has 1 saturated carbocycles. The molecule has 2 heterocycles. The third-order valence-electron chi connectivity index (χ3n) is 7.11. The highest BCUT2D eigenvalue weighted by Gasteiger charge is 2.84. The second-order valence-corrected chi connectivity index (χ2v) is 8.14. The van der Waals surface area contributed by atoms with Crippen molar-refractivity contribution in [3.63, 3.8) is 0 Å². The molecule has 2 aliphatic heterocycles. The molecular weight excluding hydrogens is 308 g/mol. The highest BCUT2D eigenvalue weighted by Crippen LogP contribution is 2.71. The molecule has 3 fully saturated rings. The summed E-state index contributed by atoms with van der Waals surface area (Å²) < 4.78 is 18.0. The van der Waals surface area contributed by atoms with Crippen LogP contribution >= 0.6 is 0 Å². The molecule has 0 aromatic carbocycles. The number of fused-ring (bicyclic) bond motifs is 2. The summed E-state index contributed by atoms with van der Waals surface area (Å²) >= 11 is 0. The van der Waals surface area contributed by atoms with Crippen molar-refractivity contribution < 1.29 is 24.1 Å². The largest absolute Gasteiger partial charge is 0.456 e. The van der Waals surface area contributed by atoms with E-state index >= 15 is 0 Å². The molecule has 1 N–H and O–H groups in total. The number of aliphatic hydroxyl groups is 1. The van der Waals surface area contributed by atoms with Crippen molar-refractivity contribution in [2.24, 2.45) is 10.8 Å². The van der Waals surface area contributed by atoms with E-state index in [9.17, 15) is 9.90 Å². The molecule has 0 aromatic heterocycles. The predicted molar refractivity (Wildman–Crippen MR) is 87.2 cm³/mol. The standard InChI is InChI=1S/C19H26O5/c1-5-6-13(20)24-15-14(21)16-19(10-22-19)18(15,4)17(3)8-7-11(2)9-12(17)23-16/h5-6,9,12,14-16,21H,7-8,10H2,1-4H3/b6-5+/t12-,14-,15-,16-,17+,18-,19+/m1/s1. The van der Waals surface area contributed by atoms with Crippen LogP contribution in [0, 0.1) is 10.8 Å². The Kier molecular flexibility index (Phi) is 3.35. The number of hydrogen-bond donors (Lipinski definition) is 1. The number of rotatable bonds is 2. The summed E-state index contributed by atoms with van der Waals surface area (Å²) in [5.74, 6) is -0.422. The maximum atomic E-state index is 12.1.